The van der Waals surface area contributed by atoms with Gasteiger partial charge >= 0.3 is 11.9 Å². The summed E-state index contributed by atoms with van der Waals surface area (Å²) in [5, 5.41) is 0. The van der Waals surface area contributed by atoms with Gasteiger partial charge in [-0.2, -0.15) is 0 Å². The van der Waals surface area contributed by atoms with Gasteiger partial charge < -0.3 is 18.9 Å². The molecule has 0 aromatic heterocycles. The van der Waals surface area contributed by atoms with E-state index in [1.165, 1.54) is 7.11 Å². The Labute approximate surface area is 181 Å². The van der Waals surface area contributed by atoms with Crippen molar-refractivity contribution in [3.63, 3.8) is 0 Å². The summed E-state index contributed by atoms with van der Waals surface area (Å²) in [6.07, 6.45) is 5.22. The number of fused-ring (bicyclic) bond motifs is 3. The fourth-order valence-corrected chi connectivity index (χ4v) is 9.63. The smallest absolute Gasteiger partial charge is 0.309 e. The molecule has 3 aliphatic heterocycles. The first-order chi connectivity index (χ1) is 14.7. The lowest BCUT2D eigenvalue weighted by Crippen LogP contribution is -2.68. The number of epoxide rings is 2. The van der Waals surface area contributed by atoms with Crippen LogP contribution in [0, 0.1) is 28.6 Å². The second-order valence-corrected chi connectivity index (χ2v) is 11.7. The van der Waals surface area contributed by atoms with E-state index in [1.54, 1.807) is 0 Å². The predicted molar refractivity (Wildman–Crippen MR) is 105 cm³/mol. The molecule has 0 aromatic carbocycles. The third-order valence-electron chi connectivity index (χ3n) is 11.2. The average Bonchev–Trinajstić information content (AvgIpc) is 3.59. The van der Waals surface area contributed by atoms with Crippen LogP contribution in [0.2, 0.25) is 0 Å². The first-order valence-corrected chi connectivity index (χ1v) is 11.9. The van der Waals surface area contributed by atoms with Crippen LogP contribution in [0.15, 0.2) is 0 Å². The molecule has 31 heavy (non-hydrogen) atoms. The Balaban J connectivity index is 1.37. The minimum atomic E-state index is -0.601. The number of esters is 2. The molecule has 3 spiro atoms. The summed E-state index contributed by atoms with van der Waals surface area (Å²) >= 11 is 0. The molecular weight excluding hydrogens is 400 g/mol. The maximum Gasteiger partial charge on any atom is 0.309 e. The molecule has 0 amide bonds. The molecule has 7 fully saturated rings. The zero-order chi connectivity index (χ0) is 21.6. The molecule has 7 nitrogen and oxygen atoms in total. The molecule has 0 N–H and O–H groups in total. The van der Waals surface area contributed by atoms with E-state index >= 15 is 0 Å². The third kappa shape index (κ3) is 1.77. The van der Waals surface area contributed by atoms with E-state index < -0.39 is 22.9 Å². The predicted octanol–water partition coefficient (Wildman–Crippen LogP) is 2.34. The Kier molecular flexibility index (Phi) is 3.19. The molecule has 4 unspecified atom stereocenters. The summed E-state index contributed by atoms with van der Waals surface area (Å²) in [4.78, 5) is 37.9. The largest absolute Gasteiger partial charge is 0.469 e. The van der Waals surface area contributed by atoms with E-state index in [-0.39, 0.29) is 52.4 Å². The fraction of sp³-hybridized carbons (Fsp3) is 0.875. The minimum Gasteiger partial charge on any atom is -0.469 e. The maximum atomic E-state index is 13.2. The number of ketones is 1. The van der Waals surface area contributed by atoms with Gasteiger partial charge in [0.1, 0.15) is 22.9 Å². The molecule has 0 aromatic rings. The van der Waals surface area contributed by atoms with Crippen LogP contribution in [-0.4, -0.2) is 53.8 Å². The van der Waals surface area contributed by atoms with Gasteiger partial charge in [-0.1, -0.05) is 13.8 Å². The second-order valence-electron chi connectivity index (χ2n) is 11.7. The number of rotatable bonds is 1. The molecule has 4 saturated carbocycles. The lowest BCUT2D eigenvalue weighted by atomic mass is 9.41. The van der Waals surface area contributed by atoms with Crippen LogP contribution < -0.4 is 0 Å². The molecule has 168 valence electrons. The van der Waals surface area contributed by atoms with Crippen molar-refractivity contribution in [1.29, 1.82) is 0 Å². The van der Waals surface area contributed by atoms with Crippen molar-refractivity contribution in [3.8, 4) is 0 Å². The van der Waals surface area contributed by atoms with Crippen molar-refractivity contribution in [2.24, 2.45) is 28.6 Å². The summed E-state index contributed by atoms with van der Waals surface area (Å²) in [5.41, 5.74) is -2.00. The Bertz CT molecular complexity index is 946. The quantitative estimate of drug-likeness (QED) is 0.465. The lowest BCUT2D eigenvalue weighted by Gasteiger charge is -2.59. The van der Waals surface area contributed by atoms with E-state index in [4.69, 9.17) is 18.9 Å². The van der Waals surface area contributed by atoms with Crippen LogP contribution in [0.3, 0.4) is 0 Å². The average molecular weight is 430 g/mol. The van der Waals surface area contributed by atoms with E-state index in [9.17, 15) is 14.4 Å². The number of carbonyl (C=O) groups is 3. The van der Waals surface area contributed by atoms with E-state index in [0.29, 0.717) is 19.3 Å². The van der Waals surface area contributed by atoms with Crippen molar-refractivity contribution in [1.82, 2.24) is 0 Å². The van der Waals surface area contributed by atoms with E-state index in [0.717, 1.165) is 32.1 Å². The molecule has 7 aliphatic rings. The van der Waals surface area contributed by atoms with Gasteiger partial charge in [0.05, 0.1) is 19.1 Å². The normalized spacial score (nSPS) is 60.3. The minimum absolute atomic E-state index is 0.000380. The van der Waals surface area contributed by atoms with Gasteiger partial charge in [-0.15, -0.1) is 0 Å². The highest BCUT2D eigenvalue weighted by molar-refractivity contribution is 5.89. The highest BCUT2D eigenvalue weighted by atomic mass is 16.6. The van der Waals surface area contributed by atoms with E-state index in [2.05, 4.69) is 13.8 Å². The number of Topliss-reactive ketones (excluding diaryl/α,β-unsaturated/α-hetero) is 1. The molecule has 0 bridgehead atoms. The topological polar surface area (TPSA) is 94.7 Å². The van der Waals surface area contributed by atoms with Crippen LogP contribution in [-0.2, 0) is 33.3 Å². The molecular formula is C24H30O7. The van der Waals surface area contributed by atoms with Gasteiger partial charge in [0.25, 0.3) is 0 Å². The zero-order valence-corrected chi connectivity index (χ0v) is 18.4. The van der Waals surface area contributed by atoms with Gasteiger partial charge in [-0.3, -0.25) is 14.4 Å². The van der Waals surface area contributed by atoms with Gasteiger partial charge in [-0.05, 0) is 44.4 Å². The van der Waals surface area contributed by atoms with Crippen molar-refractivity contribution < 1.29 is 33.3 Å². The first kappa shape index (κ1) is 19.0. The van der Waals surface area contributed by atoms with Crippen molar-refractivity contribution >= 4 is 17.7 Å². The molecule has 7 rings (SSSR count). The SMILES string of the molecule is COC(=O)[C@@H]1CC23O[C@H]2C(=O)CC[C@]3(C)[C@@]23O[C@H]2C[C@@]2(C)C(CCC24CCC(=O)O4)C13. The fourth-order valence-electron chi connectivity index (χ4n) is 9.63. The highest BCUT2D eigenvalue weighted by Gasteiger charge is 2.91. The maximum absolute atomic E-state index is 13.2. The molecule has 0 radical (unpaired) electrons. The van der Waals surface area contributed by atoms with Gasteiger partial charge in [-0.25, -0.2) is 0 Å². The Hall–Kier alpha value is -1.47. The van der Waals surface area contributed by atoms with Crippen LogP contribution in [0.1, 0.15) is 65.2 Å². The van der Waals surface area contributed by atoms with Gasteiger partial charge in [0.2, 0.25) is 0 Å². The van der Waals surface area contributed by atoms with Crippen molar-refractivity contribution in [3.05, 3.63) is 0 Å². The Morgan fingerprint density at radius 3 is 2.58 bits per heavy atom. The van der Waals surface area contributed by atoms with Crippen molar-refractivity contribution in [2.45, 2.75) is 94.2 Å². The number of hydrogen-bond donors (Lipinski definition) is 0. The molecule has 3 saturated heterocycles. The van der Waals surface area contributed by atoms with Crippen molar-refractivity contribution in [2.75, 3.05) is 7.11 Å². The van der Waals surface area contributed by atoms with Crippen LogP contribution in [0.25, 0.3) is 0 Å². The van der Waals surface area contributed by atoms with Crippen LogP contribution >= 0.6 is 0 Å². The Morgan fingerprint density at radius 2 is 1.87 bits per heavy atom. The number of carbonyl (C=O) groups excluding carboxylic acids is 3. The highest BCUT2D eigenvalue weighted by Crippen LogP contribution is 2.82. The standard InChI is InChI=1S/C24H30O7/c1-20-11-15-24(29-15)17(13(20)4-8-22(20)9-6-16(26)30-22)12(19(27)28-3)10-23-18(31-23)14(25)5-7-21(23,24)2/h12-13,15,17-18H,4-11H2,1-3H3/t12-,13?,15+,17?,18+,20+,21+,22?,23?,24-/m1/s1. The second kappa shape index (κ2) is 5.19. The summed E-state index contributed by atoms with van der Waals surface area (Å²) in [5.74, 6) is -0.325. The lowest BCUT2D eigenvalue weighted by molar-refractivity contribution is -0.184. The van der Waals surface area contributed by atoms with Crippen LogP contribution in [0.4, 0.5) is 0 Å². The summed E-state index contributed by atoms with van der Waals surface area (Å²) in [6.45, 7) is 4.50. The van der Waals surface area contributed by atoms with E-state index in [1.807, 2.05) is 0 Å². The molecule has 3 heterocycles. The summed E-state index contributed by atoms with van der Waals surface area (Å²) < 4.78 is 24.2. The van der Waals surface area contributed by atoms with Crippen LogP contribution in [0.5, 0.6) is 0 Å². The van der Waals surface area contributed by atoms with Gasteiger partial charge in [0, 0.05) is 29.6 Å². The number of hydrogen-bond acceptors (Lipinski definition) is 7. The number of ether oxygens (including phenoxy) is 4. The number of methoxy groups -OCH3 is 1. The summed E-state index contributed by atoms with van der Waals surface area (Å²) in [6, 6.07) is 0. The zero-order valence-electron chi connectivity index (χ0n) is 18.4. The summed E-state index contributed by atoms with van der Waals surface area (Å²) in [7, 11) is 1.44. The molecule has 7 heteroatoms. The third-order valence-corrected chi connectivity index (χ3v) is 11.2. The van der Waals surface area contributed by atoms with Gasteiger partial charge in [0.15, 0.2) is 5.78 Å². The first-order valence-electron chi connectivity index (χ1n) is 11.9. The molecule has 10 atom stereocenters. The Morgan fingerprint density at radius 1 is 1.06 bits per heavy atom. The molecule has 4 aliphatic carbocycles. The monoisotopic (exact) mass is 430 g/mol.